The van der Waals surface area contributed by atoms with Crippen molar-refractivity contribution in [2.75, 3.05) is 11.1 Å². The molecule has 1 aromatic heterocycles. The molecule has 1 N–H and O–H groups in total. The van der Waals surface area contributed by atoms with Crippen molar-refractivity contribution in [2.45, 2.75) is 24.9 Å². The van der Waals surface area contributed by atoms with Gasteiger partial charge in [0.1, 0.15) is 5.82 Å². The Morgan fingerprint density at radius 3 is 2.67 bits per heavy atom. The quantitative estimate of drug-likeness (QED) is 0.548. The van der Waals surface area contributed by atoms with Gasteiger partial charge in [0.2, 0.25) is 5.91 Å². The number of carbonyl (C=O) groups is 1. The van der Waals surface area contributed by atoms with E-state index in [-0.39, 0.29) is 11.7 Å². The van der Waals surface area contributed by atoms with Crippen LogP contribution in [-0.2, 0) is 24.7 Å². The zero-order chi connectivity index (χ0) is 19.2. The van der Waals surface area contributed by atoms with E-state index in [9.17, 15) is 4.79 Å². The highest BCUT2D eigenvalue weighted by Crippen LogP contribution is 2.24. The summed E-state index contributed by atoms with van der Waals surface area (Å²) in [5.41, 5.74) is 3.18. The Morgan fingerprint density at radius 1 is 1.15 bits per heavy atom. The van der Waals surface area contributed by atoms with Crippen LogP contribution in [0.3, 0.4) is 0 Å². The van der Waals surface area contributed by atoms with Crippen molar-refractivity contribution in [3.8, 4) is 0 Å². The molecule has 0 aliphatic heterocycles. The number of rotatable bonds is 7. The van der Waals surface area contributed by atoms with Crippen molar-refractivity contribution in [3.05, 3.63) is 70.0 Å². The zero-order valence-electron chi connectivity index (χ0n) is 15.3. The number of carbonyl (C=O) groups excluding carboxylic acids is 1. The summed E-state index contributed by atoms with van der Waals surface area (Å²) in [5.74, 6) is 1.13. The Morgan fingerprint density at radius 2 is 1.93 bits per heavy atom. The van der Waals surface area contributed by atoms with Gasteiger partial charge in [-0.1, -0.05) is 48.2 Å². The first-order valence-electron chi connectivity index (χ1n) is 8.64. The van der Waals surface area contributed by atoms with Crippen LogP contribution in [0, 0.1) is 6.92 Å². The van der Waals surface area contributed by atoms with Crippen LogP contribution in [0.2, 0.25) is 0 Å². The fourth-order valence-corrected chi connectivity index (χ4v) is 3.95. The maximum absolute atomic E-state index is 12.2. The molecule has 1 amide bonds. The standard InChI is InChI=1S/C20H21BrN4OS/c1-14-8-10-17(16(21)12-14)22-19(26)13-27-20-24-23-18(25(20)2)11-9-15-6-4-3-5-7-15/h3-8,10,12H,9,11,13H2,1-2H3,(H,22,26). The van der Waals surface area contributed by atoms with Gasteiger partial charge in [-0.3, -0.25) is 4.79 Å². The summed E-state index contributed by atoms with van der Waals surface area (Å²) in [6, 6.07) is 16.2. The van der Waals surface area contributed by atoms with Crippen molar-refractivity contribution in [1.29, 1.82) is 0 Å². The molecule has 7 heteroatoms. The lowest BCUT2D eigenvalue weighted by molar-refractivity contribution is -0.113. The molecule has 0 saturated carbocycles. The number of hydrogen-bond donors (Lipinski definition) is 1. The van der Waals surface area contributed by atoms with Crippen molar-refractivity contribution in [2.24, 2.45) is 7.05 Å². The van der Waals surface area contributed by atoms with E-state index in [0.29, 0.717) is 0 Å². The van der Waals surface area contributed by atoms with Gasteiger partial charge < -0.3 is 9.88 Å². The molecule has 27 heavy (non-hydrogen) atoms. The third kappa shape index (κ3) is 5.43. The minimum atomic E-state index is -0.0709. The van der Waals surface area contributed by atoms with Crippen molar-refractivity contribution >= 4 is 39.3 Å². The summed E-state index contributed by atoms with van der Waals surface area (Å²) < 4.78 is 2.84. The van der Waals surface area contributed by atoms with Gasteiger partial charge in [-0.25, -0.2) is 0 Å². The maximum atomic E-state index is 12.2. The number of aryl methyl sites for hydroxylation is 3. The lowest BCUT2D eigenvalue weighted by atomic mass is 10.1. The Labute approximate surface area is 171 Å². The lowest BCUT2D eigenvalue weighted by Crippen LogP contribution is -2.15. The Balaban J connectivity index is 1.53. The van der Waals surface area contributed by atoms with Crippen LogP contribution in [-0.4, -0.2) is 26.4 Å². The summed E-state index contributed by atoms with van der Waals surface area (Å²) in [7, 11) is 1.94. The molecule has 0 aliphatic carbocycles. The van der Waals surface area contributed by atoms with E-state index in [1.165, 1.54) is 17.3 Å². The SMILES string of the molecule is Cc1ccc(NC(=O)CSc2nnc(CCc3ccccc3)n2C)c(Br)c1. The average molecular weight is 445 g/mol. The van der Waals surface area contributed by atoms with Crippen LogP contribution in [0.5, 0.6) is 0 Å². The highest BCUT2D eigenvalue weighted by molar-refractivity contribution is 9.10. The first-order chi connectivity index (χ1) is 13.0. The topological polar surface area (TPSA) is 59.8 Å². The Kier molecular flexibility index (Phi) is 6.68. The van der Waals surface area contributed by atoms with E-state index < -0.39 is 0 Å². The molecular weight excluding hydrogens is 424 g/mol. The second kappa shape index (κ2) is 9.19. The molecule has 0 fully saturated rings. The molecule has 0 saturated heterocycles. The summed E-state index contributed by atoms with van der Waals surface area (Å²) in [6.45, 7) is 2.01. The van der Waals surface area contributed by atoms with E-state index in [1.807, 2.05) is 54.9 Å². The fourth-order valence-electron chi connectivity index (χ4n) is 2.63. The number of hydrogen-bond acceptors (Lipinski definition) is 4. The van der Waals surface area contributed by atoms with E-state index in [4.69, 9.17) is 0 Å². The molecule has 0 aliphatic rings. The average Bonchev–Trinajstić information content (AvgIpc) is 3.01. The van der Waals surface area contributed by atoms with Gasteiger partial charge in [-0.05, 0) is 52.5 Å². The first-order valence-corrected chi connectivity index (χ1v) is 10.4. The predicted molar refractivity (Wildman–Crippen MR) is 113 cm³/mol. The second-order valence-corrected chi connectivity index (χ2v) is 8.06. The summed E-state index contributed by atoms with van der Waals surface area (Å²) in [4.78, 5) is 12.2. The predicted octanol–water partition coefficient (Wildman–Crippen LogP) is 4.40. The van der Waals surface area contributed by atoms with Crippen LogP contribution in [0.25, 0.3) is 0 Å². The number of aromatic nitrogens is 3. The smallest absolute Gasteiger partial charge is 0.234 e. The Bertz CT molecular complexity index is 927. The number of nitrogens with one attached hydrogen (secondary N) is 1. The molecule has 0 atom stereocenters. The normalized spacial score (nSPS) is 10.8. The van der Waals surface area contributed by atoms with Crippen LogP contribution in [0.4, 0.5) is 5.69 Å². The molecule has 0 radical (unpaired) electrons. The monoisotopic (exact) mass is 444 g/mol. The van der Waals surface area contributed by atoms with Crippen LogP contribution in [0.15, 0.2) is 58.2 Å². The number of benzene rings is 2. The zero-order valence-corrected chi connectivity index (χ0v) is 17.7. The molecule has 2 aromatic carbocycles. The van der Waals surface area contributed by atoms with Gasteiger partial charge in [0.15, 0.2) is 5.16 Å². The number of halogens is 1. The van der Waals surface area contributed by atoms with Crippen LogP contribution in [0.1, 0.15) is 17.0 Å². The van der Waals surface area contributed by atoms with Crippen LogP contribution >= 0.6 is 27.7 Å². The van der Waals surface area contributed by atoms with Gasteiger partial charge in [0, 0.05) is 17.9 Å². The van der Waals surface area contributed by atoms with Crippen molar-refractivity contribution < 1.29 is 4.79 Å². The summed E-state index contributed by atoms with van der Waals surface area (Å²) in [6.07, 6.45) is 1.73. The minimum absolute atomic E-state index is 0.0709. The molecule has 3 rings (SSSR count). The summed E-state index contributed by atoms with van der Waals surface area (Å²) >= 11 is 4.86. The van der Waals surface area contributed by atoms with Gasteiger partial charge >= 0.3 is 0 Å². The third-order valence-corrected chi connectivity index (χ3v) is 5.81. The number of anilines is 1. The largest absolute Gasteiger partial charge is 0.324 e. The van der Waals surface area contributed by atoms with Crippen molar-refractivity contribution in [1.82, 2.24) is 14.8 Å². The molecule has 140 valence electrons. The molecular formula is C20H21BrN4OS. The first kappa shape index (κ1) is 19.6. The van der Waals surface area contributed by atoms with E-state index in [1.54, 1.807) is 0 Å². The lowest BCUT2D eigenvalue weighted by Gasteiger charge is -2.08. The minimum Gasteiger partial charge on any atom is -0.324 e. The van der Waals surface area contributed by atoms with Gasteiger partial charge in [-0.15, -0.1) is 10.2 Å². The second-order valence-electron chi connectivity index (χ2n) is 6.26. The van der Waals surface area contributed by atoms with Crippen LogP contribution < -0.4 is 5.32 Å². The van der Waals surface area contributed by atoms with Crippen molar-refractivity contribution in [3.63, 3.8) is 0 Å². The van der Waals surface area contributed by atoms with E-state index >= 15 is 0 Å². The number of nitrogens with zero attached hydrogens (tertiary/aromatic N) is 3. The van der Waals surface area contributed by atoms with Gasteiger partial charge in [0.25, 0.3) is 0 Å². The molecule has 1 heterocycles. The third-order valence-electron chi connectivity index (χ3n) is 4.14. The van der Waals surface area contributed by atoms with Gasteiger partial charge in [-0.2, -0.15) is 0 Å². The summed E-state index contributed by atoms with van der Waals surface area (Å²) in [5, 5.41) is 12.2. The molecule has 0 bridgehead atoms. The maximum Gasteiger partial charge on any atom is 0.234 e. The number of thioether (sulfide) groups is 1. The molecule has 0 unspecified atom stereocenters. The highest BCUT2D eigenvalue weighted by Gasteiger charge is 2.12. The highest BCUT2D eigenvalue weighted by atomic mass is 79.9. The van der Waals surface area contributed by atoms with E-state index in [2.05, 4.69) is 43.6 Å². The fraction of sp³-hybridized carbons (Fsp3) is 0.250. The molecule has 0 spiro atoms. The van der Waals surface area contributed by atoms with Gasteiger partial charge in [0.05, 0.1) is 11.4 Å². The molecule has 5 nitrogen and oxygen atoms in total. The molecule has 3 aromatic rings. The number of amides is 1. The van der Waals surface area contributed by atoms with E-state index in [0.717, 1.165) is 39.5 Å². The Hall–Kier alpha value is -2.12.